The molecule has 0 aliphatic heterocycles. The van der Waals surface area contributed by atoms with Crippen LogP contribution in [0.2, 0.25) is 0 Å². The van der Waals surface area contributed by atoms with E-state index in [-0.39, 0.29) is 30.4 Å². The van der Waals surface area contributed by atoms with Gasteiger partial charge in [0.05, 0.1) is 5.56 Å². The van der Waals surface area contributed by atoms with E-state index in [2.05, 4.69) is 9.97 Å². The highest BCUT2D eigenvalue weighted by Crippen LogP contribution is 2.09. The fraction of sp³-hybridized carbons (Fsp3) is 0. The van der Waals surface area contributed by atoms with Crippen LogP contribution in [0.5, 0.6) is 0 Å². The van der Waals surface area contributed by atoms with Crippen LogP contribution in [-0.2, 0) is 0 Å². The molecule has 1 N–H and O–H groups in total. The summed E-state index contributed by atoms with van der Waals surface area (Å²) in [6.07, 6.45) is 2.92. The zero-order valence-electron chi connectivity index (χ0n) is 7.45. The molecule has 80 valence electrons. The summed E-state index contributed by atoms with van der Waals surface area (Å²) >= 11 is 0. The van der Waals surface area contributed by atoms with Gasteiger partial charge >= 0.3 is 5.97 Å². The Bertz CT molecular complexity index is 476. The molecule has 2 aromatic heterocycles. The van der Waals surface area contributed by atoms with Gasteiger partial charge in [0.1, 0.15) is 0 Å². The van der Waals surface area contributed by atoms with Crippen LogP contribution in [-0.4, -0.2) is 21.0 Å². The molecule has 2 heterocycles. The molecule has 0 atom stereocenters. The Morgan fingerprint density at radius 3 is 2.67 bits per heavy atom. The number of nitrogens with zero attached hydrogens (tertiary/aromatic N) is 2. The average molecular weight is 247 g/mol. The lowest BCUT2D eigenvalue weighted by Crippen LogP contribution is -1.97. The first-order valence-electron chi connectivity index (χ1n) is 3.71. The van der Waals surface area contributed by atoms with E-state index in [9.17, 15) is 4.79 Å². The normalized spacial score (nSPS) is 8.80. The highest BCUT2D eigenvalue weighted by atomic mass is 35.5. The third kappa shape index (κ3) is 2.78. The van der Waals surface area contributed by atoms with Gasteiger partial charge in [0.15, 0.2) is 5.65 Å². The number of carboxylic acids is 1. The van der Waals surface area contributed by atoms with E-state index in [1.54, 1.807) is 24.4 Å². The van der Waals surface area contributed by atoms with Gasteiger partial charge < -0.3 is 5.11 Å². The van der Waals surface area contributed by atoms with E-state index in [4.69, 9.17) is 5.11 Å². The predicted octanol–water partition coefficient (Wildman–Crippen LogP) is 2.17. The SMILES string of the molecule is Cl.Cl.O=C(O)c1cnc2ncccc2c1. The number of aromatic nitrogens is 2. The Hall–Kier alpha value is -1.39. The Morgan fingerprint density at radius 2 is 2.00 bits per heavy atom. The highest BCUT2D eigenvalue weighted by Gasteiger charge is 2.03. The van der Waals surface area contributed by atoms with Gasteiger partial charge in [-0.25, -0.2) is 14.8 Å². The predicted molar refractivity (Wildman–Crippen MR) is 61.0 cm³/mol. The number of hydrogen-bond donors (Lipinski definition) is 1. The zero-order chi connectivity index (χ0) is 9.26. The lowest BCUT2D eigenvalue weighted by Gasteiger charge is -1.96. The van der Waals surface area contributed by atoms with Crippen LogP contribution in [0.25, 0.3) is 11.0 Å². The number of halogens is 2. The summed E-state index contributed by atoms with van der Waals surface area (Å²) in [4.78, 5) is 18.5. The number of aromatic carboxylic acids is 1. The quantitative estimate of drug-likeness (QED) is 0.838. The van der Waals surface area contributed by atoms with Crippen LogP contribution >= 0.6 is 24.8 Å². The van der Waals surface area contributed by atoms with Crippen LogP contribution in [0, 0.1) is 0 Å². The van der Waals surface area contributed by atoms with Crippen molar-refractivity contribution in [1.82, 2.24) is 9.97 Å². The second-order valence-corrected chi connectivity index (χ2v) is 2.58. The third-order valence-corrected chi connectivity index (χ3v) is 1.70. The number of carbonyl (C=O) groups is 1. The van der Waals surface area contributed by atoms with E-state index in [0.717, 1.165) is 5.39 Å². The smallest absolute Gasteiger partial charge is 0.337 e. The molecular weight excluding hydrogens is 239 g/mol. The van der Waals surface area contributed by atoms with Gasteiger partial charge in [-0.1, -0.05) is 0 Å². The van der Waals surface area contributed by atoms with Gasteiger partial charge in [-0.2, -0.15) is 0 Å². The van der Waals surface area contributed by atoms with Crippen molar-refractivity contribution in [2.45, 2.75) is 0 Å². The fourth-order valence-corrected chi connectivity index (χ4v) is 1.08. The number of rotatable bonds is 1. The summed E-state index contributed by atoms with van der Waals surface area (Å²) < 4.78 is 0. The maximum Gasteiger partial charge on any atom is 0.337 e. The van der Waals surface area contributed by atoms with Crippen molar-refractivity contribution in [3.63, 3.8) is 0 Å². The van der Waals surface area contributed by atoms with Crippen LogP contribution in [0.15, 0.2) is 30.6 Å². The van der Waals surface area contributed by atoms with Crippen molar-refractivity contribution in [2.24, 2.45) is 0 Å². The molecule has 4 nitrogen and oxygen atoms in total. The van der Waals surface area contributed by atoms with Gasteiger partial charge in [0.25, 0.3) is 0 Å². The number of carboxylic acid groups (broad SMARTS) is 1. The summed E-state index contributed by atoms with van der Waals surface area (Å²) in [5, 5.41) is 9.42. The molecule has 0 aromatic carbocycles. The van der Waals surface area contributed by atoms with Crippen molar-refractivity contribution in [3.05, 3.63) is 36.2 Å². The molecule has 0 radical (unpaired) electrons. The van der Waals surface area contributed by atoms with Crippen LogP contribution in [0.4, 0.5) is 0 Å². The summed E-state index contributed by atoms with van der Waals surface area (Å²) in [5.74, 6) is -0.974. The minimum Gasteiger partial charge on any atom is -0.478 e. The molecule has 2 aromatic rings. The molecule has 0 amide bonds. The summed E-state index contributed by atoms with van der Waals surface area (Å²) in [5.41, 5.74) is 0.744. The van der Waals surface area contributed by atoms with Crippen molar-refractivity contribution in [2.75, 3.05) is 0 Å². The highest BCUT2D eigenvalue weighted by molar-refractivity contribution is 5.91. The molecule has 0 aliphatic rings. The Labute approximate surface area is 98.2 Å². The van der Waals surface area contributed by atoms with Gasteiger partial charge in [-0.3, -0.25) is 0 Å². The van der Waals surface area contributed by atoms with Gasteiger partial charge in [0.2, 0.25) is 0 Å². The molecule has 0 spiro atoms. The van der Waals surface area contributed by atoms with Gasteiger partial charge in [-0.05, 0) is 18.2 Å². The lowest BCUT2D eigenvalue weighted by atomic mass is 10.2. The second kappa shape index (κ2) is 5.48. The maximum absolute atomic E-state index is 10.6. The molecular formula is C9H8Cl2N2O2. The van der Waals surface area contributed by atoms with Crippen molar-refractivity contribution in [1.29, 1.82) is 0 Å². The average Bonchev–Trinajstić information content (AvgIpc) is 2.17. The fourth-order valence-electron chi connectivity index (χ4n) is 1.08. The first-order chi connectivity index (χ1) is 6.27. The minimum atomic E-state index is -0.974. The van der Waals surface area contributed by atoms with Crippen molar-refractivity contribution in [3.8, 4) is 0 Å². The monoisotopic (exact) mass is 246 g/mol. The molecule has 6 heteroatoms. The van der Waals surface area contributed by atoms with E-state index in [0.29, 0.717) is 5.65 Å². The summed E-state index contributed by atoms with van der Waals surface area (Å²) in [6, 6.07) is 5.08. The molecule has 0 saturated carbocycles. The largest absolute Gasteiger partial charge is 0.478 e. The molecule has 0 unspecified atom stereocenters. The molecule has 15 heavy (non-hydrogen) atoms. The maximum atomic E-state index is 10.6. The van der Waals surface area contributed by atoms with Crippen molar-refractivity contribution >= 4 is 41.8 Å². The zero-order valence-corrected chi connectivity index (χ0v) is 9.09. The van der Waals surface area contributed by atoms with Crippen molar-refractivity contribution < 1.29 is 9.90 Å². The van der Waals surface area contributed by atoms with E-state index in [1.807, 2.05) is 0 Å². The molecule has 2 rings (SSSR count). The van der Waals surface area contributed by atoms with E-state index >= 15 is 0 Å². The number of fused-ring (bicyclic) bond motifs is 1. The van der Waals surface area contributed by atoms with Crippen LogP contribution < -0.4 is 0 Å². The standard InChI is InChI=1S/C9H6N2O2.2ClH/c12-9(13)7-4-6-2-1-3-10-8(6)11-5-7;;/h1-5H,(H,12,13);2*1H. The van der Waals surface area contributed by atoms with Gasteiger partial charge in [0, 0.05) is 17.8 Å². The Morgan fingerprint density at radius 1 is 1.27 bits per heavy atom. The summed E-state index contributed by atoms with van der Waals surface area (Å²) in [6.45, 7) is 0. The van der Waals surface area contributed by atoms with Crippen LogP contribution in [0.3, 0.4) is 0 Å². The molecule has 0 saturated heterocycles. The number of hydrogen-bond acceptors (Lipinski definition) is 3. The topological polar surface area (TPSA) is 63.1 Å². The van der Waals surface area contributed by atoms with Crippen LogP contribution in [0.1, 0.15) is 10.4 Å². The molecule has 0 fully saturated rings. The second-order valence-electron chi connectivity index (χ2n) is 2.58. The number of pyridine rings is 2. The summed E-state index contributed by atoms with van der Waals surface area (Å²) in [7, 11) is 0. The minimum absolute atomic E-state index is 0. The molecule has 0 bridgehead atoms. The Kier molecular flexibility index (Phi) is 4.97. The van der Waals surface area contributed by atoms with E-state index in [1.165, 1.54) is 6.20 Å². The van der Waals surface area contributed by atoms with Gasteiger partial charge in [-0.15, -0.1) is 24.8 Å². The first kappa shape index (κ1) is 13.6. The lowest BCUT2D eigenvalue weighted by molar-refractivity contribution is 0.0696. The Balaban J connectivity index is 0.000000980. The van der Waals surface area contributed by atoms with E-state index < -0.39 is 5.97 Å². The first-order valence-corrected chi connectivity index (χ1v) is 3.71. The molecule has 0 aliphatic carbocycles. The third-order valence-electron chi connectivity index (χ3n) is 1.70.